The van der Waals surface area contributed by atoms with Crippen LogP contribution in [0, 0.1) is 0 Å². The number of fused-ring (bicyclic) bond motifs is 1. The van der Waals surface area contributed by atoms with E-state index in [9.17, 15) is 0 Å². The van der Waals surface area contributed by atoms with Gasteiger partial charge >= 0.3 is 0 Å². The Morgan fingerprint density at radius 2 is 2.20 bits per heavy atom. The summed E-state index contributed by atoms with van der Waals surface area (Å²) in [5.41, 5.74) is 8.83. The van der Waals surface area contributed by atoms with Crippen LogP contribution in [0.15, 0.2) is 50.4 Å². The molecular formula is C12H9N5OS2. The summed E-state index contributed by atoms with van der Waals surface area (Å²) >= 11 is 2.83. The minimum atomic E-state index is 0.0581. The molecule has 3 aromatic rings. The molecule has 0 radical (unpaired) electrons. The number of hydrogen-bond donors (Lipinski definition) is 2. The summed E-state index contributed by atoms with van der Waals surface area (Å²) in [5.74, 6) is 0.0581. The van der Waals surface area contributed by atoms with Gasteiger partial charge in [0.1, 0.15) is 10.5 Å². The standard InChI is InChI=1S/C12H9N5OS2/c13-11(17-18)8-5-10(20-12-16-14-6-19-12)15-9-4-2-1-3-7(8)9/h1-6,18H,(H2,13,17). The van der Waals surface area contributed by atoms with Crippen molar-refractivity contribution in [1.82, 2.24) is 15.2 Å². The molecule has 8 heteroatoms. The minimum Gasteiger partial charge on any atom is -0.409 e. The number of hydrogen-bond acceptors (Lipinski definition) is 7. The van der Waals surface area contributed by atoms with Crippen molar-refractivity contribution in [2.24, 2.45) is 10.9 Å². The Hall–Kier alpha value is -2.19. The molecule has 3 rings (SSSR count). The predicted molar refractivity (Wildman–Crippen MR) is 78.3 cm³/mol. The number of oxime groups is 1. The molecule has 100 valence electrons. The van der Waals surface area contributed by atoms with Gasteiger partial charge in [-0.25, -0.2) is 4.98 Å². The van der Waals surface area contributed by atoms with Crippen LogP contribution in [0.2, 0.25) is 0 Å². The number of aromatic nitrogens is 3. The van der Waals surface area contributed by atoms with Gasteiger partial charge in [-0.15, -0.1) is 10.2 Å². The molecule has 2 aromatic heterocycles. The fourth-order valence-electron chi connectivity index (χ4n) is 1.77. The van der Waals surface area contributed by atoms with Crippen molar-refractivity contribution in [3.8, 4) is 0 Å². The first-order chi connectivity index (χ1) is 9.78. The van der Waals surface area contributed by atoms with Crippen LogP contribution in [-0.4, -0.2) is 26.2 Å². The van der Waals surface area contributed by atoms with Gasteiger partial charge in [-0.1, -0.05) is 34.7 Å². The van der Waals surface area contributed by atoms with Gasteiger partial charge in [0.2, 0.25) is 0 Å². The number of rotatable bonds is 3. The average Bonchev–Trinajstić information content (AvgIpc) is 2.98. The van der Waals surface area contributed by atoms with Gasteiger partial charge < -0.3 is 10.9 Å². The molecule has 0 spiro atoms. The molecule has 0 fully saturated rings. The maximum atomic E-state index is 8.91. The molecule has 0 saturated heterocycles. The lowest BCUT2D eigenvalue weighted by Gasteiger charge is -2.07. The monoisotopic (exact) mass is 303 g/mol. The Balaban J connectivity index is 2.14. The van der Waals surface area contributed by atoms with Crippen LogP contribution in [0.5, 0.6) is 0 Å². The number of nitrogens with zero attached hydrogens (tertiary/aromatic N) is 4. The molecule has 1 aromatic carbocycles. The van der Waals surface area contributed by atoms with E-state index in [1.807, 2.05) is 24.3 Å². The number of pyridine rings is 1. The molecule has 0 unspecified atom stereocenters. The zero-order valence-electron chi connectivity index (χ0n) is 10.1. The highest BCUT2D eigenvalue weighted by Crippen LogP contribution is 2.30. The molecule has 0 amide bonds. The molecule has 20 heavy (non-hydrogen) atoms. The molecule has 0 aliphatic heterocycles. The predicted octanol–water partition coefficient (Wildman–Crippen LogP) is 2.33. The second-order valence-electron chi connectivity index (χ2n) is 3.82. The number of benzene rings is 1. The van der Waals surface area contributed by atoms with Gasteiger partial charge in [0.05, 0.1) is 5.52 Å². The molecule has 0 aliphatic carbocycles. The summed E-state index contributed by atoms with van der Waals surface area (Å²) < 4.78 is 0.790. The lowest BCUT2D eigenvalue weighted by molar-refractivity contribution is 0.318. The van der Waals surface area contributed by atoms with Crippen molar-refractivity contribution < 1.29 is 5.21 Å². The first-order valence-electron chi connectivity index (χ1n) is 5.59. The van der Waals surface area contributed by atoms with Crippen LogP contribution in [0.1, 0.15) is 5.56 Å². The quantitative estimate of drug-likeness (QED) is 0.333. The summed E-state index contributed by atoms with van der Waals surface area (Å²) in [7, 11) is 0. The van der Waals surface area contributed by atoms with Gasteiger partial charge in [0, 0.05) is 10.9 Å². The van der Waals surface area contributed by atoms with Crippen molar-refractivity contribution in [3.05, 3.63) is 41.4 Å². The minimum absolute atomic E-state index is 0.0581. The second-order valence-corrected chi connectivity index (χ2v) is 5.92. The number of nitrogens with two attached hydrogens (primary N) is 1. The van der Waals surface area contributed by atoms with Crippen LogP contribution in [-0.2, 0) is 0 Å². The van der Waals surface area contributed by atoms with Crippen molar-refractivity contribution in [2.45, 2.75) is 9.37 Å². The van der Waals surface area contributed by atoms with Crippen molar-refractivity contribution in [3.63, 3.8) is 0 Å². The van der Waals surface area contributed by atoms with Gasteiger partial charge in [-0.05, 0) is 23.9 Å². The highest BCUT2D eigenvalue weighted by Gasteiger charge is 2.11. The van der Waals surface area contributed by atoms with Crippen LogP contribution >= 0.6 is 23.1 Å². The third-order valence-electron chi connectivity index (χ3n) is 2.61. The second kappa shape index (κ2) is 5.43. The van der Waals surface area contributed by atoms with E-state index < -0.39 is 0 Å². The van der Waals surface area contributed by atoms with Gasteiger partial charge in [0.15, 0.2) is 10.2 Å². The van der Waals surface area contributed by atoms with E-state index in [0.717, 1.165) is 20.3 Å². The van der Waals surface area contributed by atoms with E-state index in [4.69, 9.17) is 10.9 Å². The Bertz CT molecular complexity index is 773. The van der Waals surface area contributed by atoms with Crippen molar-refractivity contribution >= 4 is 39.8 Å². The topological polar surface area (TPSA) is 97.3 Å². The lowest BCUT2D eigenvalue weighted by Crippen LogP contribution is -2.14. The molecule has 0 aliphatic rings. The Kier molecular flexibility index (Phi) is 3.48. The maximum Gasteiger partial charge on any atom is 0.180 e. The molecule has 0 saturated carbocycles. The summed E-state index contributed by atoms with van der Waals surface area (Å²) in [6.45, 7) is 0. The SMILES string of the molecule is NC(=NO)c1cc(Sc2nncs2)nc2ccccc12. The lowest BCUT2D eigenvalue weighted by atomic mass is 10.1. The Morgan fingerprint density at radius 3 is 2.95 bits per heavy atom. The van der Waals surface area contributed by atoms with Gasteiger partial charge in [0.25, 0.3) is 0 Å². The maximum absolute atomic E-state index is 8.91. The first kappa shape index (κ1) is 12.8. The molecule has 2 heterocycles. The normalized spacial score (nSPS) is 11.9. The smallest absolute Gasteiger partial charge is 0.180 e. The Labute approximate surface area is 122 Å². The van der Waals surface area contributed by atoms with Gasteiger partial charge in [-0.3, -0.25) is 0 Å². The van der Waals surface area contributed by atoms with Crippen LogP contribution < -0.4 is 5.73 Å². The number of amidine groups is 1. The summed E-state index contributed by atoms with van der Waals surface area (Å²) in [6.07, 6.45) is 0. The highest BCUT2D eigenvalue weighted by atomic mass is 32.2. The van der Waals surface area contributed by atoms with E-state index in [-0.39, 0.29) is 5.84 Å². The molecule has 0 bridgehead atoms. The zero-order chi connectivity index (χ0) is 13.9. The first-order valence-corrected chi connectivity index (χ1v) is 7.29. The fourth-order valence-corrected chi connectivity index (χ4v) is 3.21. The highest BCUT2D eigenvalue weighted by molar-refractivity contribution is 8.00. The third-order valence-corrected chi connectivity index (χ3v) is 4.30. The summed E-state index contributed by atoms with van der Waals surface area (Å²) in [5, 5.41) is 21.3. The van der Waals surface area contributed by atoms with Crippen molar-refractivity contribution in [2.75, 3.05) is 0 Å². The number of para-hydroxylation sites is 1. The summed E-state index contributed by atoms with van der Waals surface area (Å²) in [6, 6.07) is 9.33. The molecular weight excluding hydrogens is 294 g/mol. The van der Waals surface area contributed by atoms with E-state index in [0.29, 0.717) is 5.56 Å². The fraction of sp³-hybridized carbons (Fsp3) is 0. The van der Waals surface area contributed by atoms with E-state index >= 15 is 0 Å². The molecule has 6 nitrogen and oxygen atoms in total. The van der Waals surface area contributed by atoms with Crippen LogP contribution in [0.4, 0.5) is 0 Å². The van der Waals surface area contributed by atoms with Gasteiger partial charge in [-0.2, -0.15) is 0 Å². The Morgan fingerprint density at radius 1 is 1.35 bits per heavy atom. The zero-order valence-corrected chi connectivity index (χ0v) is 11.7. The van der Waals surface area contributed by atoms with E-state index in [2.05, 4.69) is 20.3 Å². The summed E-state index contributed by atoms with van der Waals surface area (Å²) in [4.78, 5) is 4.54. The molecule has 0 atom stereocenters. The van der Waals surface area contributed by atoms with E-state index in [1.165, 1.54) is 23.1 Å². The molecule has 3 N–H and O–H groups in total. The van der Waals surface area contributed by atoms with Crippen LogP contribution in [0.3, 0.4) is 0 Å². The van der Waals surface area contributed by atoms with Crippen LogP contribution in [0.25, 0.3) is 10.9 Å². The third kappa shape index (κ3) is 2.43. The van der Waals surface area contributed by atoms with E-state index in [1.54, 1.807) is 11.6 Å². The largest absolute Gasteiger partial charge is 0.409 e. The van der Waals surface area contributed by atoms with Crippen molar-refractivity contribution in [1.29, 1.82) is 0 Å². The average molecular weight is 303 g/mol.